The first kappa shape index (κ1) is 31.9. The molecule has 0 saturated heterocycles. The Bertz CT molecular complexity index is 3220. The van der Waals surface area contributed by atoms with Crippen LogP contribution in [0, 0.1) is 0 Å². The molecule has 3 aromatic heterocycles. The van der Waals surface area contributed by atoms with E-state index in [0.717, 1.165) is 44.7 Å². The van der Waals surface area contributed by atoms with Crippen molar-refractivity contribution in [2.75, 3.05) is 0 Å². The van der Waals surface area contributed by atoms with Crippen LogP contribution in [0.2, 0.25) is 0 Å². The number of benzene rings is 8. The van der Waals surface area contributed by atoms with Gasteiger partial charge in [0.25, 0.3) is 0 Å². The molecule has 0 saturated carbocycles. The molecule has 0 N–H and O–H groups in total. The van der Waals surface area contributed by atoms with Crippen molar-refractivity contribution >= 4 is 43.6 Å². The van der Waals surface area contributed by atoms with Gasteiger partial charge in [-0.2, -0.15) is 0 Å². The Balaban J connectivity index is 1.10. The molecule has 0 unspecified atom stereocenters. The third-order valence-corrected chi connectivity index (χ3v) is 10.8. The Labute approximate surface area is 323 Å². The zero-order valence-electron chi connectivity index (χ0n) is 30.3. The zero-order chi connectivity index (χ0) is 37.0. The Kier molecular flexibility index (Phi) is 7.42. The van der Waals surface area contributed by atoms with Crippen molar-refractivity contribution in [3.05, 3.63) is 200 Å². The van der Waals surface area contributed by atoms with Crippen LogP contribution >= 0.6 is 0 Å². The summed E-state index contributed by atoms with van der Waals surface area (Å²) in [6.07, 6.45) is 0. The number of hydrogen-bond acceptors (Lipinski definition) is 3. The van der Waals surface area contributed by atoms with Crippen molar-refractivity contribution in [3.63, 3.8) is 0 Å². The number of fused-ring (bicyclic) bond motifs is 7. The summed E-state index contributed by atoms with van der Waals surface area (Å²) in [6, 6.07) is 70.3. The van der Waals surface area contributed by atoms with Crippen molar-refractivity contribution in [1.82, 2.24) is 24.1 Å². The Morgan fingerprint density at radius 1 is 0.268 bits per heavy atom. The Morgan fingerprint density at radius 2 is 0.661 bits per heavy atom. The van der Waals surface area contributed by atoms with Crippen molar-refractivity contribution in [2.45, 2.75) is 0 Å². The van der Waals surface area contributed by atoms with Gasteiger partial charge >= 0.3 is 0 Å². The van der Waals surface area contributed by atoms with Crippen LogP contribution in [0.15, 0.2) is 200 Å². The molecule has 262 valence electrons. The van der Waals surface area contributed by atoms with Crippen LogP contribution in [0.25, 0.3) is 100 Å². The van der Waals surface area contributed by atoms with E-state index in [1.54, 1.807) is 0 Å². The number of para-hydroxylation sites is 3. The molecule has 0 radical (unpaired) electrons. The van der Waals surface area contributed by atoms with Gasteiger partial charge in [0.05, 0.1) is 22.1 Å². The molecule has 0 amide bonds. The summed E-state index contributed by atoms with van der Waals surface area (Å²) in [5, 5.41) is 4.93. The van der Waals surface area contributed by atoms with E-state index in [9.17, 15) is 0 Å². The van der Waals surface area contributed by atoms with Gasteiger partial charge in [-0.25, -0.2) is 15.0 Å². The highest BCUT2D eigenvalue weighted by Crippen LogP contribution is 2.42. The average molecular weight is 716 g/mol. The molecule has 0 bridgehead atoms. The van der Waals surface area contributed by atoms with Crippen LogP contribution in [-0.2, 0) is 0 Å². The summed E-state index contributed by atoms with van der Waals surface area (Å²) < 4.78 is 4.76. The minimum absolute atomic E-state index is 0.622. The van der Waals surface area contributed by atoms with E-state index in [0.29, 0.717) is 17.5 Å². The van der Waals surface area contributed by atoms with Gasteiger partial charge in [-0.15, -0.1) is 0 Å². The fourth-order valence-electron chi connectivity index (χ4n) is 8.23. The van der Waals surface area contributed by atoms with E-state index < -0.39 is 0 Å². The predicted octanol–water partition coefficient (Wildman–Crippen LogP) is 12.7. The maximum Gasteiger partial charge on any atom is 0.164 e. The minimum atomic E-state index is 0.622. The smallest absolute Gasteiger partial charge is 0.164 e. The molecule has 0 aliphatic carbocycles. The lowest BCUT2D eigenvalue weighted by Gasteiger charge is -2.12. The molecule has 3 heterocycles. The molecule has 5 nitrogen and oxygen atoms in total. The fourth-order valence-corrected chi connectivity index (χ4v) is 8.23. The molecule has 56 heavy (non-hydrogen) atoms. The molecule has 11 aromatic rings. The van der Waals surface area contributed by atoms with Crippen LogP contribution in [0.1, 0.15) is 0 Å². The van der Waals surface area contributed by atoms with Crippen LogP contribution < -0.4 is 0 Å². The zero-order valence-corrected chi connectivity index (χ0v) is 30.3. The third-order valence-electron chi connectivity index (χ3n) is 10.8. The lowest BCUT2D eigenvalue weighted by atomic mass is 10.0. The molecular formula is C51H33N5. The van der Waals surface area contributed by atoms with Crippen molar-refractivity contribution in [1.29, 1.82) is 0 Å². The van der Waals surface area contributed by atoms with Gasteiger partial charge in [0.15, 0.2) is 17.5 Å². The highest BCUT2D eigenvalue weighted by molar-refractivity contribution is 6.28. The SMILES string of the molecule is c1ccc(-c2ccc(-c3nc(-c4ccccc4)nc(-c4cccc(-n5c6ccccc6c6c7c8ccccc8n(-c8ccccc8)c7ccc65)c4)n3)cc2)cc1. The molecule has 0 aliphatic rings. The normalized spacial score (nSPS) is 11.6. The van der Waals surface area contributed by atoms with E-state index in [1.807, 2.05) is 36.4 Å². The summed E-state index contributed by atoms with van der Waals surface area (Å²) in [7, 11) is 0. The second kappa shape index (κ2) is 13.0. The third kappa shape index (κ3) is 5.21. The van der Waals surface area contributed by atoms with Gasteiger partial charge in [0.1, 0.15) is 0 Å². The van der Waals surface area contributed by atoms with Gasteiger partial charge in [0.2, 0.25) is 0 Å². The molecule has 0 fully saturated rings. The van der Waals surface area contributed by atoms with Gasteiger partial charge in [-0.05, 0) is 59.7 Å². The van der Waals surface area contributed by atoms with Crippen molar-refractivity contribution in [3.8, 4) is 56.7 Å². The molecule has 0 aliphatic heterocycles. The summed E-state index contributed by atoms with van der Waals surface area (Å²) in [5.74, 6) is 1.89. The Morgan fingerprint density at radius 3 is 1.25 bits per heavy atom. The summed E-state index contributed by atoms with van der Waals surface area (Å²) >= 11 is 0. The largest absolute Gasteiger partial charge is 0.309 e. The second-order valence-corrected chi connectivity index (χ2v) is 14.1. The monoisotopic (exact) mass is 715 g/mol. The number of nitrogens with zero attached hydrogens (tertiary/aromatic N) is 5. The second-order valence-electron chi connectivity index (χ2n) is 14.1. The van der Waals surface area contributed by atoms with E-state index in [2.05, 4.69) is 173 Å². The van der Waals surface area contributed by atoms with Crippen molar-refractivity contribution in [2.24, 2.45) is 0 Å². The molecule has 5 heteroatoms. The van der Waals surface area contributed by atoms with E-state index in [-0.39, 0.29) is 0 Å². The van der Waals surface area contributed by atoms with Gasteiger partial charge in [-0.1, -0.05) is 152 Å². The van der Waals surface area contributed by atoms with Crippen LogP contribution in [0.5, 0.6) is 0 Å². The highest BCUT2D eigenvalue weighted by atomic mass is 15.0. The van der Waals surface area contributed by atoms with Crippen LogP contribution in [0.3, 0.4) is 0 Å². The molecular weight excluding hydrogens is 683 g/mol. The predicted molar refractivity (Wildman–Crippen MR) is 230 cm³/mol. The van der Waals surface area contributed by atoms with E-state index >= 15 is 0 Å². The Hall–Kier alpha value is -7.63. The molecule has 11 rings (SSSR count). The van der Waals surface area contributed by atoms with Gasteiger partial charge in [0, 0.05) is 49.6 Å². The lowest BCUT2D eigenvalue weighted by molar-refractivity contribution is 1.07. The highest BCUT2D eigenvalue weighted by Gasteiger charge is 2.21. The minimum Gasteiger partial charge on any atom is -0.309 e. The lowest BCUT2D eigenvalue weighted by Crippen LogP contribution is -2.01. The first-order chi connectivity index (χ1) is 27.8. The number of rotatable bonds is 6. The van der Waals surface area contributed by atoms with E-state index in [1.165, 1.54) is 38.1 Å². The van der Waals surface area contributed by atoms with Gasteiger partial charge < -0.3 is 9.13 Å². The molecule has 8 aromatic carbocycles. The standard InChI is InChI=1S/C51H33N5/c1-4-15-34(16-5-1)35-27-29-37(30-28-35)50-52-49(36-17-6-2-7-18-36)53-51(54-50)38-19-14-22-40(33-38)56-44-26-13-11-24-42(44)48-46(56)32-31-45-47(48)41-23-10-12-25-43(41)55(45)39-20-8-3-9-21-39/h1-33H. The summed E-state index contributed by atoms with van der Waals surface area (Å²) in [5.41, 5.74) is 11.9. The van der Waals surface area contributed by atoms with Crippen LogP contribution in [-0.4, -0.2) is 24.1 Å². The van der Waals surface area contributed by atoms with Gasteiger partial charge in [-0.3, -0.25) is 0 Å². The molecule has 0 atom stereocenters. The first-order valence-electron chi connectivity index (χ1n) is 18.9. The maximum absolute atomic E-state index is 5.12. The quantitative estimate of drug-likeness (QED) is 0.172. The summed E-state index contributed by atoms with van der Waals surface area (Å²) in [6.45, 7) is 0. The number of hydrogen-bond donors (Lipinski definition) is 0. The molecule has 0 spiro atoms. The maximum atomic E-state index is 5.12. The number of aromatic nitrogens is 5. The fraction of sp³-hybridized carbons (Fsp3) is 0. The van der Waals surface area contributed by atoms with Crippen molar-refractivity contribution < 1.29 is 0 Å². The van der Waals surface area contributed by atoms with E-state index in [4.69, 9.17) is 15.0 Å². The topological polar surface area (TPSA) is 48.5 Å². The summed E-state index contributed by atoms with van der Waals surface area (Å²) in [4.78, 5) is 15.2. The average Bonchev–Trinajstić information content (AvgIpc) is 3.80. The first-order valence-corrected chi connectivity index (χ1v) is 18.9. The van der Waals surface area contributed by atoms with Crippen LogP contribution in [0.4, 0.5) is 0 Å².